The quantitative estimate of drug-likeness (QED) is 0.420. The van der Waals surface area contributed by atoms with Crippen molar-refractivity contribution in [1.82, 2.24) is 5.32 Å². The molecule has 0 bridgehead atoms. The molecule has 0 spiro atoms. The standard InChI is InChI=1S/C13H16BrFN4O3/c14-9-5-8(11(16)6-10(9)15)12(13(17)19(20)21)18-7-1-3-22-4-2-7/h5-7,18H,1-4,16-17H2/b13-12-. The molecule has 0 aliphatic carbocycles. The Kier molecular flexibility index (Phi) is 5.19. The lowest BCUT2D eigenvalue weighted by Gasteiger charge is -2.25. The predicted molar refractivity (Wildman–Crippen MR) is 83.6 cm³/mol. The normalized spacial score (nSPS) is 17.0. The van der Waals surface area contributed by atoms with Gasteiger partial charge in [-0.1, -0.05) is 0 Å². The number of ether oxygens (including phenoxy) is 1. The summed E-state index contributed by atoms with van der Waals surface area (Å²) in [5.41, 5.74) is 11.8. The average molecular weight is 375 g/mol. The van der Waals surface area contributed by atoms with Crippen molar-refractivity contribution < 1.29 is 14.1 Å². The Labute approximate surface area is 134 Å². The molecule has 22 heavy (non-hydrogen) atoms. The highest BCUT2D eigenvalue weighted by Gasteiger charge is 2.23. The largest absolute Gasteiger partial charge is 0.398 e. The molecule has 0 aromatic heterocycles. The molecule has 0 radical (unpaired) electrons. The van der Waals surface area contributed by atoms with Gasteiger partial charge in [-0.3, -0.25) is 5.73 Å². The van der Waals surface area contributed by atoms with Crippen LogP contribution in [0.2, 0.25) is 0 Å². The first kappa shape index (κ1) is 16.5. The van der Waals surface area contributed by atoms with Gasteiger partial charge in [0.15, 0.2) is 0 Å². The molecule has 1 heterocycles. The number of halogens is 2. The Morgan fingerprint density at radius 1 is 1.45 bits per heavy atom. The predicted octanol–water partition coefficient (Wildman–Crippen LogP) is 1.80. The van der Waals surface area contributed by atoms with E-state index in [9.17, 15) is 14.5 Å². The van der Waals surface area contributed by atoms with Gasteiger partial charge < -0.3 is 25.9 Å². The van der Waals surface area contributed by atoms with E-state index in [1.54, 1.807) is 0 Å². The van der Waals surface area contributed by atoms with Crippen molar-refractivity contribution in [3.63, 3.8) is 0 Å². The number of nitrogens with one attached hydrogen (secondary N) is 1. The molecule has 1 fully saturated rings. The lowest BCUT2D eigenvalue weighted by atomic mass is 10.0. The topological polar surface area (TPSA) is 116 Å². The van der Waals surface area contributed by atoms with Gasteiger partial charge in [-0.05, 0) is 45.8 Å². The number of nitrogens with zero attached hydrogens (tertiary/aromatic N) is 1. The number of nitro groups is 1. The summed E-state index contributed by atoms with van der Waals surface area (Å²) in [6, 6.07) is 2.45. The van der Waals surface area contributed by atoms with Crippen molar-refractivity contribution in [2.45, 2.75) is 18.9 Å². The van der Waals surface area contributed by atoms with Crippen molar-refractivity contribution in [1.29, 1.82) is 0 Å². The van der Waals surface area contributed by atoms with E-state index >= 15 is 0 Å². The van der Waals surface area contributed by atoms with Gasteiger partial charge in [0.2, 0.25) is 0 Å². The monoisotopic (exact) mass is 374 g/mol. The van der Waals surface area contributed by atoms with E-state index in [2.05, 4.69) is 21.2 Å². The molecule has 1 aliphatic heterocycles. The first-order valence-electron chi connectivity index (χ1n) is 6.63. The summed E-state index contributed by atoms with van der Waals surface area (Å²) in [6.07, 6.45) is 1.38. The number of rotatable bonds is 4. The first-order chi connectivity index (χ1) is 10.4. The molecule has 2 rings (SSSR count). The highest BCUT2D eigenvalue weighted by atomic mass is 79.9. The van der Waals surface area contributed by atoms with Crippen molar-refractivity contribution in [3.8, 4) is 0 Å². The molecule has 1 saturated heterocycles. The Hall–Kier alpha value is -1.87. The Bertz CT molecular complexity index is 618. The van der Waals surface area contributed by atoms with Crippen LogP contribution >= 0.6 is 15.9 Å². The molecule has 1 aromatic rings. The van der Waals surface area contributed by atoms with Crippen LogP contribution in [-0.2, 0) is 4.74 Å². The smallest absolute Gasteiger partial charge is 0.338 e. The minimum Gasteiger partial charge on any atom is -0.398 e. The maximum atomic E-state index is 13.5. The van der Waals surface area contributed by atoms with E-state index in [1.807, 2.05) is 0 Å². The molecule has 0 amide bonds. The fraction of sp³-hybridized carbons (Fsp3) is 0.385. The highest BCUT2D eigenvalue weighted by molar-refractivity contribution is 9.10. The fourth-order valence-corrected chi connectivity index (χ4v) is 2.55. The number of hydrogen-bond donors (Lipinski definition) is 3. The van der Waals surface area contributed by atoms with Gasteiger partial charge in [-0.25, -0.2) is 4.39 Å². The zero-order chi connectivity index (χ0) is 16.3. The van der Waals surface area contributed by atoms with Crippen molar-refractivity contribution >= 4 is 27.3 Å². The summed E-state index contributed by atoms with van der Waals surface area (Å²) in [4.78, 5) is 10.4. The third kappa shape index (κ3) is 3.66. The summed E-state index contributed by atoms with van der Waals surface area (Å²) >= 11 is 3.05. The van der Waals surface area contributed by atoms with Crippen LogP contribution < -0.4 is 16.8 Å². The van der Waals surface area contributed by atoms with Crippen LogP contribution in [0.5, 0.6) is 0 Å². The molecule has 0 unspecified atom stereocenters. The second kappa shape index (κ2) is 6.93. The van der Waals surface area contributed by atoms with E-state index in [4.69, 9.17) is 16.2 Å². The van der Waals surface area contributed by atoms with Crippen LogP contribution in [0.25, 0.3) is 5.70 Å². The van der Waals surface area contributed by atoms with E-state index in [0.717, 1.165) is 6.07 Å². The van der Waals surface area contributed by atoms with Gasteiger partial charge in [-0.15, -0.1) is 0 Å². The van der Waals surface area contributed by atoms with E-state index in [0.29, 0.717) is 26.1 Å². The van der Waals surface area contributed by atoms with E-state index in [1.165, 1.54) is 6.07 Å². The zero-order valence-corrected chi connectivity index (χ0v) is 13.2. The van der Waals surface area contributed by atoms with Crippen LogP contribution in [0.3, 0.4) is 0 Å². The summed E-state index contributed by atoms with van der Waals surface area (Å²) in [7, 11) is 0. The second-order valence-corrected chi connectivity index (χ2v) is 5.76. The molecule has 0 saturated carbocycles. The number of nitrogens with two attached hydrogens (primary N) is 2. The lowest BCUT2D eigenvalue weighted by Crippen LogP contribution is -2.35. The average Bonchev–Trinajstić information content (AvgIpc) is 2.49. The van der Waals surface area contributed by atoms with Gasteiger partial charge >= 0.3 is 5.82 Å². The SMILES string of the molecule is N/C(=C(/NC1CCOCC1)c1cc(Br)c(F)cc1N)[N+](=O)[O-]. The molecule has 0 atom stereocenters. The molecule has 1 aliphatic rings. The van der Waals surface area contributed by atoms with Crippen molar-refractivity contribution in [2.75, 3.05) is 18.9 Å². The number of nitrogen functional groups attached to an aromatic ring is 1. The number of benzene rings is 1. The molecule has 7 nitrogen and oxygen atoms in total. The second-order valence-electron chi connectivity index (χ2n) is 4.90. The van der Waals surface area contributed by atoms with Crippen molar-refractivity contribution in [3.05, 3.63) is 43.9 Å². The minimum absolute atomic E-state index is 0.0227. The van der Waals surface area contributed by atoms with Gasteiger partial charge in [0, 0.05) is 30.5 Å². The fourth-order valence-electron chi connectivity index (χ4n) is 2.21. The molecule has 1 aromatic carbocycles. The lowest BCUT2D eigenvalue weighted by molar-refractivity contribution is -0.425. The minimum atomic E-state index is -0.696. The van der Waals surface area contributed by atoms with Gasteiger partial charge in [0.25, 0.3) is 0 Å². The van der Waals surface area contributed by atoms with Crippen molar-refractivity contribution in [2.24, 2.45) is 5.73 Å². The Balaban J connectivity index is 2.43. The first-order valence-corrected chi connectivity index (χ1v) is 7.42. The maximum Gasteiger partial charge on any atom is 0.338 e. The molecule has 9 heteroatoms. The molecular weight excluding hydrogens is 359 g/mol. The summed E-state index contributed by atoms with van der Waals surface area (Å²) in [5.74, 6) is -1.11. The van der Waals surface area contributed by atoms with E-state index < -0.39 is 16.6 Å². The Morgan fingerprint density at radius 3 is 2.68 bits per heavy atom. The van der Waals surface area contributed by atoms with Gasteiger partial charge in [0.05, 0.1) is 4.47 Å². The number of hydrogen-bond acceptors (Lipinski definition) is 6. The number of anilines is 1. The van der Waals surface area contributed by atoms with Crippen LogP contribution in [0.1, 0.15) is 18.4 Å². The van der Waals surface area contributed by atoms with Crippen LogP contribution in [0.4, 0.5) is 10.1 Å². The zero-order valence-electron chi connectivity index (χ0n) is 11.6. The summed E-state index contributed by atoms with van der Waals surface area (Å²) < 4.78 is 18.9. The molecule has 120 valence electrons. The maximum absolute atomic E-state index is 13.5. The van der Waals surface area contributed by atoms with Gasteiger partial charge in [0.1, 0.15) is 11.5 Å². The molecular formula is C13H16BrFN4O3. The van der Waals surface area contributed by atoms with Crippen LogP contribution in [0.15, 0.2) is 22.4 Å². The Morgan fingerprint density at radius 2 is 2.09 bits per heavy atom. The van der Waals surface area contributed by atoms with E-state index in [-0.39, 0.29) is 27.5 Å². The summed E-state index contributed by atoms with van der Waals surface area (Å²) in [6.45, 7) is 1.12. The highest BCUT2D eigenvalue weighted by Crippen LogP contribution is 2.28. The van der Waals surface area contributed by atoms with Gasteiger partial charge in [-0.2, -0.15) is 0 Å². The van der Waals surface area contributed by atoms with Crippen LogP contribution in [-0.4, -0.2) is 24.2 Å². The molecule has 5 N–H and O–H groups in total. The third-order valence-electron chi connectivity index (χ3n) is 3.38. The third-order valence-corrected chi connectivity index (χ3v) is 3.99. The van der Waals surface area contributed by atoms with Crippen LogP contribution in [0, 0.1) is 15.9 Å². The summed E-state index contributed by atoms with van der Waals surface area (Å²) in [5, 5.41) is 14.1.